The summed E-state index contributed by atoms with van der Waals surface area (Å²) in [6.07, 6.45) is 1.60. The molecular formula is C14H10NO6S2-. The number of methoxy groups -OCH3 is 1. The number of thioether (sulfide) groups is 1. The Labute approximate surface area is 140 Å². The van der Waals surface area contributed by atoms with E-state index in [-0.39, 0.29) is 11.1 Å². The number of amides is 1. The summed E-state index contributed by atoms with van der Waals surface area (Å²) in [7, 11) is 1.50. The molecule has 2 heterocycles. The Morgan fingerprint density at radius 2 is 2.30 bits per heavy atom. The highest BCUT2D eigenvalue weighted by atomic mass is 32.2. The lowest BCUT2D eigenvalue weighted by molar-refractivity contribution is -0.305. The van der Waals surface area contributed by atoms with Crippen LogP contribution in [0.3, 0.4) is 0 Å². The highest BCUT2D eigenvalue weighted by Gasteiger charge is 2.32. The smallest absolute Gasteiger partial charge is 0.266 e. The molecule has 0 aromatic heterocycles. The lowest BCUT2D eigenvalue weighted by atomic mass is 10.1. The van der Waals surface area contributed by atoms with E-state index in [1.54, 1.807) is 18.2 Å². The van der Waals surface area contributed by atoms with Gasteiger partial charge in [0.1, 0.15) is 4.32 Å². The van der Waals surface area contributed by atoms with Crippen molar-refractivity contribution < 1.29 is 28.9 Å². The summed E-state index contributed by atoms with van der Waals surface area (Å²) in [6.45, 7) is -0.463. The van der Waals surface area contributed by atoms with Gasteiger partial charge in [0.05, 0.1) is 24.5 Å². The van der Waals surface area contributed by atoms with E-state index < -0.39 is 18.4 Å². The summed E-state index contributed by atoms with van der Waals surface area (Å²) < 4.78 is 16.0. The van der Waals surface area contributed by atoms with E-state index in [1.807, 2.05) is 0 Å². The van der Waals surface area contributed by atoms with E-state index in [0.717, 1.165) is 16.7 Å². The Morgan fingerprint density at radius 3 is 3.00 bits per heavy atom. The van der Waals surface area contributed by atoms with Crippen molar-refractivity contribution in [2.24, 2.45) is 0 Å². The van der Waals surface area contributed by atoms with E-state index in [0.29, 0.717) is 27.7 Å². The van der Waals surface area contributed by atoms with Gasteiger partial charge in [0, 0.05) is 0 Å². The molecule has 0 unspecified atom stereocenters. The maximum absolute atomic E-state index is 12.2. The van der Waals surface area contributed by atoms with Crippen LogP contribution < -0.4 is 19.3 Å². The molecule has 7 nitrogen and oxygen atoms in total. The van der Waals surface area contributed by atoms with Crippen LogP contribution >= 0.6 is 24.0 Å². The summed E-state index contributed by atoms with van der Waals surface area (Å²) in [5, 5.41) is 10.7. The van der Waals surface area contributed by atoms with Crippen molar-refractivity contribution in [2.75, 3.05) is 20.4 Å². The van der Waals surface area contributed by atoms with Gasteiger partial charge in [-0.1, -0.05) is 24.0 Å². The van der Waals surface area contributed by atoms with Crippen LogP contribution in [0.5, 0.6) is 17.2 Å². The fourth-order valence-corrected chi connectivity index (χ4v) is 3.41. The zero-order valence-electron chi connectivity index (χ0n) is 11.9. The van der Waals surface area contributed by atoms with Crippen molar-refractivity contribution in [3.05, 3.63) is 22.6 Å². The molecular weight excluding hydrogens is 342 g/mol. The second-order valence-electron chi connectivity index (χ2n) is 4.60. The number of hydrogen-bond donors (Lipinski definition) is 0. The third kappa shape index (κ3) is 2.97. The molecule has 2 aliphatic heterocycles. The quantitative estimate of drug-likeness (QED) is 0.567. The molecule has 23 heavy (non-hydrogen) atoms. The highest BCUT2D eigenvalue weighted by molar-refractivity contribution is 8.26. The zero-order chi connectivity index (χ0) is 16.6. The molecule has 0 bridgehead atoms. The summed E-state index contributed by atoms with van der Waals surface area (Å²) in [4.78, 5) is 24.2. The Morgan fingerprint density at radius 1 is 1.52 bits per heavy atom. The Balaban J connectivity index is 1.92. The first kappa shape index (κ1) is 15.6. The number of aliphatic carboxylic acids is 1. The molecule has 9 heteroatoms. The lowest BCUT2D eigenvalue weighted by Gasteiger charge is -2.14. The maximum Gasteiger partial charge on any atom is 0.266 e. The number of nitrogens with zero attached hydrogens (tertiary/aromatic N) is 1. The number of carboxylic acids is 1. The van der Waals surface area contributed by atoms with Crippen molar-refractivity contribution >= 4 is 46.3 Å². The average molecular weight is 352 g/mol. The first-order chi connectivity index (χ1) is 11.0. The lowest BCUT2D eigenvalue weighted by Crippen LogP contribution is -2.40. The van der Waals surface area contributed by atoms with Crippen LogP contribution in [0.15, 0.2) is 17.0 Å². The van der Waals surface area contributed by atoms with Crippen LogP contribution in [0, 0.1) is 0 Å². The van der Waals surface area contributed by atoms with Crippen LogP contribution in [0.25, 0.3) is 6.08 Å². The molecule has 1 aromatic carbocycles. The SMILES string of the molecule is COc1cc(/C=C2/SC(=S)N(CC(=O)[O-])C2=O)cc2c1OCO2. The van der Waals surface area contributed by atoms with Gasteiger partial charge in [0.15, 0.2) is 11.5 Å². The number of hydrogen-bond acceptors (Lipinski definition) is 8. The van der Waals surface area contributed by atoms with Gasteiger partial charge in [-0.15, -0.1) is 0 Å². The minimum absolute atomic E-state index is 0.100. The Hall–Kier alpha value is -2.26. The summed E-state index contributed by atoms with van der Waals surface area (Å²) in [5.74, 6) is -0.334. The van der Waals surface area contributed by atoms with E-state index in [4.69, 9.17) is 26.4 Å². The molecule has 2 aliphatic rings. The molecule has 3 rings (SSSR count). The van der Waals surface area contributed by atoms with E-state index in [9.17, 15) is 14.7 Å². The summed E-state index contributed by atoms with van der Waals surface area (Å²) in [5.41, 5.74) is 0.653. The normalized spacial score (nSPS) is 18.0. The topological polar surface area (TPSA) is 88.1 Å². The predicted molar refractivity (Wildman–Crippen MR) is 84.0 cm³/mol. The van der Waals surface area contributed by atoms with Gasteiger partial charge < -0.3 is 24.1 Å². The summed E-state index contributed by atoms with van der Waals surface area (Å²) >= 11 is 6.05. The Kier molecular flexibility index (Phi) is 4.14. The number of carbonyl (C=O) groups excluding carboxylic acids is 2. The molecule has 1 amide bonds. The molecule has 0 atom stereocenters. The van der Waals surface area contributed by atoms with Gasteiger partial charge in [-0.05, 0) is 23.8 Å². The van der Waals surface area contributed by atoms with Crippen LogP contribution in [0.4, 0.5) is 0 Å². The van der Waals surface area contributed by atoms with Crippen molar-refractivity contribution in [2.45, 2.75) is 0 Å². The fourth-order valence-electron chi connectivity index (χ4n) is 2.15. The molecule has 0 radical (unpaired) electrons. The molecule has 1 aromatic rings. The molecule has 0 aliphatic carbocycles. The van der Waals surface area contributed by atoms with Crippen molar-refractivity contribution in [1.29, 1.82) is 0 Å². The van der Waals surface area contributed by atoms with Crippen molar-refractivity contribution in [3.63, 3.8) is 0 Å². The first-order valence-corrected chi connectivity index (χ1v) is 7.65. The standard InChI is InChI=1S/C14H11NO6S2/c1-19-8-2-7(3-9-12(8)21-6-20-9)4-10-13(18)15(5-11(16)17)14(22)23-10/h2-4H,5-6H2,1H3,(H,16,17)/p-1/b10-4+. The van der Waals surface area contributed by atoms with Crippen LogP contribution in [-0.2, 0) is 9.59 Å². The number of fused-ring (bicyclic) bond motifs is 1. The first-order valence-electron chi connectivity index (χ1n) is 6.42. The van der Waals surface area contributed by atoms with Crippen LogP contribution in [0.1, 0.15) is 5.56 Å². The van der Waals surface area contributed by atoms with E-state index in [2.05, 4.69) is 0 Å². The fraction of sp³-hybridized carbons (Fsp3) is 0.214. The molecule has 1 saturated heterocycles. The largest absolute Gasteiger partial charge is 0.548 e. The highest BCUT2D eigenvalue weighted by Crippen LogP contribution is 2.43. The average Bonchev–Trinajstić information content (AvgIpc) is 3.07. The predicted octanol–water partition coefficient (Wildman–Crippen LogP) is 0.375. The number of ether oxygens (including phenoxy) is 3. The molecule has 120 valence electrons. The molecule has 0 N–H and O–H groups in total. The van der Waals surface area contributed by atoms with Gasteiger partial charge in [0.2, 0.25) is 12.5 Å². The van der Waals surface area contributed by atoms with Gasteiger partial charge in [-0.25, -0.2) is 0 Å². The minimum Gasteiger partial charge on any atom is -0.548 e. The third-order valence-corrected chi connectivity index (χ3v) is 4.52. The van der Waals surface area contributed by atoms with Gasteiger partial charge in [-0.2, -0.15) is 0 Å². The van der Waals surface area contributed by atoms with Crippen molar-refractivity contribution in [1.82, 2.24) is 4.90 Å². The summed E-state index contributed by atoms with van der Waals surface area (Å²) in [6, 6.07) is 3.40. The second-order valence-corrected chi connectivity index (χ2v) is 6.27. The van der Waals surface area contributed by atoms with E-state index >= 15 is 0 Å². The molecule has 0 saturated carbocycles. The van der Waals surface area contributed by atoms with E-state index in [1.165, 1.54) is 7.11 Å². The van der Waals surface area contributed by atoms with Gasteiger partial charge in [0.25, 0.3) is 5.91 Å². The maximum atomic E-state index is 12.2. The van der Waals surface area contributed by atoms with Crippen LogP contribution in [-0.4, -0.2) is 41.5 Å². The number of thiocarbonyl (C=S) groups is 1. The van der Waals surface area contributed by atoms with Gasteiger partial charge >= 0.3 is 0 Å². The number of rotatable bonds is 4. The zero-order valence-corrected chi connectivity index (χ0v) is 13.5. The Bertz CT molecular complexity index is 745. The van der Waals surface area contributed by atoms with Crippen LogP contribution in [0.2, 0.25) is 0 Å². The molecule has 1 fully saturated rings. The van der Waals surface area contributed by atoms with Crippen molar-refractivity contribution in [3.8, 4) is 17.2 Å². The molecule has 0 spiro atoms. The number of carbonyl (C=O) groups is 2. The minimum atomic E-state index is -1.37. The van der Waals surface area contributed by atoms with Gasteiger partial charge in [-0.3, -0.25) is 9.69 Å². The number of carboxylic acid groups (broad SMARTS) is 1. The third-order valence-electron chi connectivity index (χ3n) is 3.14. The monoisotopic (exact) mass is 352 g/mol. The second kappa shape index (κ2) is 6.09. The number of benzene rings is 1.